The summed E-state index contributed by atoms with van der Waals surface area (Å²) < 4.78 is 0. The quantitative estimate of drug-likeness (QED) is 0.652. The van der Waals surface area contributed by atoms with Crippen molar-refractivity contribution in [3.8, 4) is 0 Å². The maximum atomic E-state index is 3.35. The Bertz CT molecular complexity index is 99.5. The fourth-order valence-electron chi connectivity index (χ4n) is 1.47. The van der Waals surface area contributed by atoms with Crippen LogP contribution >= 0.6 is 0 Å². The molecular formula is C8H19N3. The van der Waals surface area contributed by atoms with Crippen LogP contribution in [0.5, 0.6) is 0 Å². The molecule has 0 atom stereocenters. The highest BCUT2D eigenvalue weighted by Gasteiger charge is 2.15. The third-order valence-corrected chi connectivity index (χ3v) is 2.03. The molecule has 1 fully saturated rings. The molecule has 0 spiro atoms. The number of hydrogen-bond acceptors (Lipinski definition) is 3. The first kappa shape index (κ1) is 8.97. The second-order valence-corrected chi connectivity index (χ2v) is 2.93. The van der Waals surface area contributed by atoms with Crippen LogP contribution in [0.2, 0.25) is 0 Å². The number of rotatable bonds is 4. The topological polar surface area (TPSA) is 18.5 Å². The van der Waals surface area contributed by atoms with Crippen LogP contribution in [0.4, 0.5) is 0 Å². The molecule has 3 nitrogen and oxygen atoms in total. The Labute approximate surface area is 69.3 Å². The van der Waals surface area contributed by atoms with Gasteiger partial charge in [0.1, 0.15) is 0 Å². The molecule has 1 aliphatic heterocycles. The summed E-state index contributed by atoms with van der Waals surface area (Å²) in [7, 11) is 0. The van der Waals surface area contributed by atoms with Crippen LogP contribution < -0.4 is 5.43 Å². The second kappa shape index (κ2) is 4.70. The molecule has 0 saturated carbocycles. The first-order valence-electron chi connectivity index (χ1n) is 4.64. The van der Waals surface area contributed by atoms with Gasteiger partial charge in [0.05, 0.1) is 0 Å². The highest BCUT2D eigenvalue weighted by atomic mass is 15.8. The average Bonchev–Trinajstić information content (AvgIpc) is 2.52. The molecule has 0 aliphatic carbocycles. The van der Waals surface area contributed by atoms with Crippen LogP contribution in [0.3, 0.4) is 0 Å². The largest absolute Gasteiger partial charge is 0.241 e. The molecule has 1 rings (SSSR count). The average molecular weight is 157 g/mol. The van der Waals surface area contributed by atoms with E-state index in [4.69, 9.17) is 0 Å². The molecule has 0 aromatic carbocycles. The fourth-order valence-corrected chi connectivity index (χ4v) is 1.47. The Morgan fingerprint density at radius 2 is 2.27 bits per heavy atom. The summed E-state index contributed by atoms with van der Waals surface area (Å²) in [5.41, 5.74) is 3.35. The van der Waals surface area contributed by atoms with Gasteiger partial charge in [0.15, 0.2) is 0 Å². The summed E-state index contributed by atoms with van der Waals surface area (Å²) in [5.74, 6) is 0. The van der Waals surface area contributed by atoms with E-state index in [1.807, 2.05) is 0 Å². The van der Waals surface area contributed by atoms with Crippen LogP contribution in [0.1, 0.15) is 26.7 Å². The van der Waals surface area contributed by atoms with Crippen molar-refractivity contribution in [3.05, 3.63) is 0 Å². The van der Waals surface area contributed by atoms with Crippen molar-refractivity contribution in [3.63, 3.8) is 0 Å². The van der Waals surface area contributed by atoms with Gasteiger partial charge in [0.2, 0.25) is 0 Å². The van der Waals surface area contributed by atoms with Crippen LogP contribution in [0, 0.1) is 0 Å². The van der Waals surface area contributed by atoms with Crippen molar-refractivity contribution < 1.29 is 0 Å². The lowest BCUT2D eigenvalue weighted by Crippen LogP contribution is -2.47. The van der Waals surface area contributed by atoms with Gasteiger partial charge in [0.25, 0.3) is 0 Å². The van der Waals surface area contributed by atoms with E-state index in [1.165, 1.54) is 25.9 Å². The van der Waals surface area contributed by atoms with Gasteiger partial charge in [-0.25, -0.2) is 10.4 Å². The summed E-state index contributed by atoms with van der Waals surface area (Å²) in [6.07, 6.45) is 2.51. The highest BCUT2D eigenvalue weighted by Crippen LogP contribution is 2.02. The SMILES string of the molecule is CCCN(CC)N1CCCN1. The number of hydrazine groups is 2. The first-order chi connectivity index (χ1) is 5.38. The van der Waals surface area contributed by atoms with E-state index in [0.29, 0.717) is 0 Å². The fraction of sp³-hybridized carbons (Fsp3) is 1.00. The third-order valence-electron chi connectivity index (χ3n) is 2.03. The molecule has 0 aromatic heterocycles. The van der Waals surface area contributed by atoms with Gasteiger partial charge < -0.3 is 0 Å². The Kier molecular flexibility index (Phi) is 3.83. The van der Waals surface area contributed by atoms with E-state index < -0.39 is 0 Å². The van der Waals surface area contributed by atoms with Crippen molar-refractivity contribution in [2.24, 2.45) is 0 Å². The normalized spacial score (nSPS) is 19.9. The van der Waals surface area contributed by atoms with Crippen molar-refractivity contribution in [1.29, 1.82) is 0 Å². The zero-order valence-electron chi connectivity index (χ0n) is 7.64. The van der Waals surface area contributed by atoms with E-state index >= 15 is 0 Å². The predicted molar refractivity (Wildman–Crippen MR) is 46.9 cm³/mol. The minimum atomic E-state index is 1.11. The lowest BCUT2D eigenvalue weighted by molar-refractivity contribution is -0.0396. The molecule has 0 amide bonds. The molecule has 3 heteroatoms. The van der Waals surface area contributed by atoms with E-state index in [1.54, 1.807) is 0 Å². The van der Waals surface area contributed by atoms with Crippen LogP contribution in [0.15, 0.2) is 0 Å². The Morgan fingerprint density at radius 3 is 2.73 bits per heavy atom. The van der Waals surface area contributed by atoms with Crippen LogP contribution in [-0.4, -0.2) is 36.3 Å². The van der Waals surface area contributed by atoms with E-state index in [-0.39, 0.29) is 0 Å². The summed E-state index contributed by atoms with van der Waals surface area (Å²) in [5, 5.41) is 4.62. The summed E-state index contributed by atoms with van der Waals surface area (Å²) in [6.45, 7) is 9.02. The van der Waals surface area contributed by atoms with Gasteiger partial charge in [0, 0.05) is 26.2 Å². The summed E-state index contributed by atoms with van der Waals surface area (Å²) >= 11 is 0. The monoisotopic (exact) mass is 157 g/mol. The number of nitrogens with zero attached hydrogens (tertiary/aromatic N) is 2. The minimum absolute atomic E-state index is 1.11. The van der Waals surface area contributed by atoms with Crippen LogP contribution in [0.25, 0.3) is 0 Å². The lowest BCUT2D eigenvalue weighted by Gasteiger charge is -2.29. The molecule has 11 heavy (non-hydrogen) atoms. The summed E-state index contributed by atoms with van der Waals surface area (Å²) in [6, 6.07) is 0. The molecule has 1 aliphatic rings. The Morgan fingerprint density at radius 1 is 1.45 bits per heavy atom. The Balaban J connectivity index is 2.27. The molecular weight excluding hydrogens is 138 g/mol. The maximum Gasteiger partial charge on any atom is 0.0303 e. The van der Waals surface area contributed by atoms with Gasteiger partial charge in [-0.2, -0.15) is 5.12 Å². The zero-order chi connectivity index (χ0) is 8.10. The molecule has 1 N–H and O–H groups in total. The van der Waals surface area contributed by atoms with Crippen molar-refractivity contribution in [2.75, 3.05) is 26.2 Å². The predicted octanol–water partition coefficient (Wildman–Crippen LogP) is 0.844. The maximum absolute atomic E-state index is 3.35. The summed E-state index contributed by atoms with van der Waals surface area (Å²) in [4.78, 5) is 0. The van der Waals surface area contributed by atoms with Crippen LogP contribution in [-0.2, 0) is 0 Å². The van der Waals surface area contributed by atoms with Crippen molar-refractivity contribution >= 4 is 0 Å². The van der Waals surface area contributed by atoms with Gasteiger partial charge in [-0.05, 0) is 12.8 Å². The third kappa shape index (κ3) is 2.43. The standard InChI is InChI=1S/C8H19N3/c1-3-7-10(4-2)11-8-5-6-9-11/h9H,3-8H2,1-2H3. The molecule has 0 bridgehead atoms. The van der Waals surface area contributed by atoms with Gasteiger partial charge in [-0.3, -0.25) is 0 Å². The highest BCUT2D eigenvalue weighted by molar-refractivity contribution is 4.60. The lowest BCUT2D eigenvalue weighted by atomic mass is 10.4. The van der Waals surface area contributed by atoms with E-state index in [9.17, 15) is 0 Å². The van der Waals surface area contributed by atoms with Gasteiger partial charge in [-0.1, -0.05) is 13.8 Å². The molecule has 1 saturated heterocycles. The van der Waals surface area contributed by atoms with Gasteiger partial charge >= 0.3 is 0 Å². The molecule has 66 valence electrons. The molecule has 0 radical (unpaired) electrons. The van der Waals surface area contributed by atoms with Crippen molar-refractivity contribution in [1.82, 2.24) is 15.6 Å². The van der Waals surface area contributed by atoms with E-state index in [0.717, 1.165) is 13.1 Å². The number of nitrogens with one attached hydrogen (secondary N) is 1. The minimum Gasteiger partial charge on any atom is -0.241 e. The Hall–Kier alpha value is -0.120. The first-order valence-corrected chi connectivity index (χ1v) is 4.64. The zero-order valence-corrected chi connectivity index (χ0v) is 7.64. The van der Waals surface area contributed by atoms with E-state index in [2.05, 4.69) is 29.4 Å². The van der Waals surface area contributed by atoms with Crippen molar-refractivity contribution in [2.45, 2.75) is 26.7 Å². The smallest absolute Gasteiger partial charge is 0.0303 e. The molecule has 0 aromatic rings. The van der Waals surface area contributed by atoms with Gasteiger partial charge in [-0.15, -0.1) is 0 Å². The second-order valence-electron chi connectivity index (χ2n) is 2.93. The molecule has 1 heterocycles. The number of hydrogen-bond donors (Lipinski definition) is 1. The molecule has 0 unspecified atom stereocenters.